The van der Waals surface area contributed by atoms with Crippen molar-refractivity contribution in [1.29, 1.82) is 0 Å². The first kappa shape index (κ1) is 16.2. The number of carbonyl (C=O) groups is 1. The molecule has 24 heavy (non-hydrogen) atoms. The molecule has 3 aromatic rings. The van der Waals surface area contributed by atoms with Gasteiger partial charge in [0, 0.05) is 11.2 Å². The Morgan fingerprint density at radius 1 is 1.25 bits per heavy atom. The summed E-state index contributed by atoms with van der Waals surface area (Å²) in [5, 5.41) is 11.9. The van der Waals surface area contributed by atoms with E-state index in [4.69, 9.17) is 11.6 Å². The molecular weight excluding hydrogens is 328 g/mol. The Bertz CT molecular complexity index is 838. The summed E-state index contributed by atoms with van der Waals surface area (Å²) in [5.74, 6) is 0.0482. The number of amides is 1. The highest BCUT2D eigenvalue weighted by Gasteiger charge is 2.17. The molecule has 1 aromatic carbocycles. The third-order valence-electron chi connectivity index (χ3n) is 3.55. The lowest BCUT2D eigenvalue weighted by atomic mass is 10.2. The first-order valence-electron chi connectivity index (χ1n) is 7.48. The number of rotatable bonds is 5. The Balaban J connectivity index is 1.63. The number of anilines is 1. The van der Waals surface area contributed by atoms with Gasteiger partial charge in [0.1, 0.15) is 12.4 Å². The van der Waals surface area contributed by atoms with Crippen LogP contribution in [-0.2, 0) is 11.3 Å². The van der Waals surface area contributed by atoms with E-state index in [1.807, 2.05) is 37.3 Å². The lowest BCUT2D eigenvalue weighted by Gasteiger charge is -2.10. The van der Waals surface area contributed by atoms with Gasteiger partial charge in [0.25, 0.3) is 5.91 Å². The van der Waals surface area contributed by atoms with Crippen LogP contribution in [0.25, 0.3) is 0 Å². The summed E-state index contributed by atoms with van der Waals surface area (Å²) < 4.78 is 3.26. The number of aryl methyl sites for hydroxylation is 1. The fraction of sp³-hybridized carbons (Fsp3) is 0.250. The quantitative estimate of drug-likeness (QED) is 0.772. The highest BCUT2D eigenvalue weighted by Crippen LogP contribution is 2.12. The number of nitrogens with zero attached hydrogens (tertiary/aromatic N) is 5. The van der Waals surface area contributed by atoms with Crippen molar-refractivity contribution in [2.45, 2.75) is 26.4 Å². The van der Waals surface area contributed by atoms with Crippen molar-refractivity contribution in [3.8, 4) is 0 Å². The van der Waals surface area contributed by atoms with Crippen molar-refractivity contribution in [1.82, 2.24) is 24.5 Å². The molecule has 0 radical (unpaired) electrons. The molecule has 1 atom stereocenters. The van der Waals surface area contributed by atoms with Crippen LogP contribution in [0.5, 0.6) is 0 Å². The van der Waals surface area contributed by atoms with E-state index in [0.717, 1.165) is 11.3 Å². The third-order valence-corrected chi connectivity index (χ3v) is 3.80. The predicted octanol–water partition coefficient (Wildman–Crippen LogP) is 2.68. The van der Waals surface area contributed by atoms with Gasteiger partial charge in [0.05, 0.1) is 12.2 Å². The molecule has 2 aromatic heterocycles. The molecule has 0 aliphatic rings. The zero-order valence-corrected chi connectivity index (χ0v) is 14.1. The molecule has 1 unspecified atom stereocenters. The molecule has 0 saturated carbocycles. The first-order chi connectivity index (χ1) is 11.5. The standard InChI is InChI=1S/C16H17ClN6O/c1-11-7-8-23(20-11)12(2)15(24)19-16-18-10-22(21-16)9-13-3-5-14(17)6-4-13/h3-8,10,12H,9H2,1-2H3,(H,19,21,24). The normalized spacial score (nSPS) is 12.1. The van der Waals surface area contributed by atoms with Crippen molar-refractivity contribution in [2.24, 2.45) is 0 Å². The van der Waals surface area contributed by atoms with Crippen LogP contribution >= 0.6 is 11.6 Å². The zero-order valence-electron chi connectivity index (χ0n) is 13.3. The van der Waals surface area contributed by atoms with Crippen LogP contribution in [0.2, 0.25) is 5.02 Å². The summed E-state index contributed by atoms with van der Waals surface area (Å²) >= 11 is 5.87. The monoisotopic (exact) mass is 344 g/mol. The van der Waals surface area contributed by atoms with Crippen LogP contribution in [0.3, 0.4) is 0 Å². The average Bonchev–Trinajstić information content (AvgIpc) is 3.18. The van der Waals surface area contributed by atoms with Gasteiger partial charge in [-0.1, -0.05) is 23.7 Å². The second-order valence-corrected chi connectivity index (χ2v) is 5.93. The van der Waals surface area contributed by atoms with Crippen LogP contribution in [0.1, 0.15) is 24.2 Å². The van der Waals surface area contributed by atoms with Crippen molar-refractivity contribution in [3.05, 3.63) is 59.1 Å². The maximum atomic E-state index is 12.3. The molecule has 0 spiro atoms. The van der Waals surface area contributed by atoms with Crippen LogP contribution in [0.4, 0.5) is 5.95 Å². The van der Waals surface area contributed by atoms with Crippen molar-refractivity contribution in [3.63, 3.8) is 0 Å². The topological polar surface area (TPSA) is 77.6 Å². The lowest BCUT2D eigenvalue weighted by molar-refractivity contribution is -0.119. The van der Waals surface area contributed by atoms with Gasteiger partial charge in [-0.2, -0.15) is 5.10 Å². The Morgan fingerprint density at radius 3 is 2.67 bits per heavy atom. The largest absolute Gasteiger partial charge is 0.291 e. The summed E-state index contributed by atoms with van der Waals surface area (Å²) in [6.07, 6.45) is 3.35. The molecule has 0 saturated heterocycles. The molecule has 0 aliphatic heterocycles. The van der Waals surface area contributed by atoms with E-state index in [2.05, 4.69) is 20.5 Å². The Hall–Kier alpha value is -2.67. The fourth-order valence-corrected chi connectivity index (χ4v) is 2.31. The van der Waals surface area contributed by atoms with E-state index in [1.165, 1.54) is 0 Å². The minimum atomic E-state index is -0.443. The van der Waals surface area contributed by atoms with Gasteiger partial charge in [-0.3, -0.25) is 14.8 Å². The van der Waals surface area contributed by atoms with Crippen molar-refractivity contribution >= 4 is 23.5 Å². The van der Waals surface area contributed by atoms with E-state index in [0.29, 0.717) is 11.6 Å². The maximum absolute atomic E-state index is 12.3. The van der Waals surface area contributed by atoms with Crippen LogP contribution in [0.15, 0.2) is 42.9 Å². The van der Waals surface area contributed by atoms with Gasteiger partial charge in [0.2, 0.25) is 5.95 Å². The molecule has 0 fully saturated rings. The molecule has 1 amide bonds. The SMILES string of the molecule is Cc1ccn(C(C)C(=O)Nc2ncn(Cc3ccc(Cl)cc3)n2)n1. The zero-order chi connectivity index (χ0) is 17.1. The number of benzene rings is 1. The summed E-state index contributed by atoms with van der Waals surface area (Å²) in [5.41, 5.74) is 1.91. The van der Waals surface area contributed by atoms with Gasteiger partial charge in [0.15, 0.2) is 0 Å². The van der Waals surface area contributed by atoms with Crippen molar-refractivity contribution in [2.75, 3.05) is 5.32 Å². The number of hydrogen-bond donors (Lipinski definition) is 1. The number of aromatic nitrogens is 5. The lowest BCUT2D eigenvalue weighted by Crippen LogP contribution is -2.24. The van der Waals surface area contributed by atoms with E-state index in [1.54, 1.807) is 28.8 Å². The van der Waals surface area contributed by atoms with Gasteiger partial charge in [-0.05, 0) is 37.6 Å². The van der Waals surface area contributed by atoms with Gasteiger partial charge in [-0.25, -0.2) is 9.67 Å². The van der Waals surface area contributed by atoms with Crippen LogP contribution in [-0.4, -0.2) is 30.5 Å². The van der Waals surface area contributed by atoms with Gasteiger partial charge < -0.3 is 0 Å². The molecule has 0 aliphatic carbocycles. The number of carbonyl (C=O) groups excluding carboxylic acids is 1. The number of halogens is 1. The molecule has 3 rings (SSSR count). The molecular formula is C16H17ClN6O. The van der Waals surface area contributed by atoms with Crippen molar-refractivity contribution < 1.29 is 4.79 Å². The number of nitrogens with one attached hydrogen (secondary N) is 1. The summed E-state index contributed by atoms with van der Waals surface area (Å²) in [6, 6.07) is 8.90. The Labute approximate surface area is 144 Å². The highest BCUT2D eigenvalue weighted by molar-refractivity contribution is 6.30. The van der Waals surface area contributed by atoms with Gasteiger partial charge in [-0.15, -0.1) is 5.10 Å². The minimum absolute atomic E-state index is 0.220. The molecule has 124 valence electrons. The minimum Gasteiger partial charge on any atom is -0.291 e. The van der Waals surface area contributed by atoms with Crippen LogP contribution < -0.4 is 5.32 Å². The second-order valence-electron chi connectivity index (χ2n) is 5.49. The molecule has 2 heterocycles. The van der Waals surface area contributed by atoms with Crippen LogP contribution in [0, 0.1) is 6.92 Å². The fourth-order valence-electron chi connectivity index (χ4n) is 2.19. The van der Waals surface area contributed by atoms with E-state index >= 15 is 0 Å². The molecule has 1 N–H and O–H groups in total. The van der Waals surface area contributed by atoms with E-state index in [9.17, 15) is 4.79 Å². The predicted molar refractivity (Wildman–Crippen MR) is 90.9 cm³/mol. The Kier molecular flexibility index (Phi) is 4.61. The second kappa shape index (κ2) is 6.84. The molecule has 0 bridgehead atoms. The third kappa shape index (κ3) is 3.80. The molecule has 8 heteroatoms. The summed E-state index contributed by atoms with van der Waals surface area (Å²) in [7, 11) is 0. The van der Waals surface area contributed by atoms with E-state index < -0.39 is 6.04 Å². The van der Waals surface area contributed by atoms with Gasteiger partial charge >= 0.3 is 0 Å². The maximum Gasteiger partial charge on any atom is 0.251 e. The highest BCUT2D eigenvalue weighted by atomic mass is 35.5. The molecule has 7 nitrogen and oxygen atoms in total. The number of hydrogen-bond acceptors (Lipinski definition) is 4. The summed E-state index contributed by atoms with van der Waals surface area (Å²) in [4.78, 5) is 16.4. The summed E-state index contributed by atoms with van der Waals surface area (Å²) in [6.45, 7) is 4.20. The first-order valence-corrected chi connectivity index (χ1v) is 7.85. The average molecular weight is 345 g/mol. The smallest absolute Gasteiger partial charge is 0.251 e. The Morgan fingerprint density at radius 2 is 2.00 bits per heavy atom. The van der Waals surface area contributed by atoms with E-state index in [-0.39, 0.29) is 11.9 Å².